The second-order valence-electron chi connectivity index (χ2n) is 8.84. The fraction of sp³-hybridized carbons (Fsp3) is 0.565. The summed E-state index contributed by atoms with van der Waals surface area (Å²) >= 11 is 0. The van der Waals surface area contributed by atoms with Gasteiger partial charge in [0.2, 0.25) is 5.91 Å². The minimum atomic E-state index is -1.38. The molecule has 0 saturated carbocycles. The molecule has 11 nitrogen and oxygen atoms in total. The number of amides is 5. The first kappa shape index (κ1) is 24.7. The van der Waals surface area contributed by atoms with Crippen molar-refractivity contribution >= 4 is 29.6 Å². The van der Waals surface area contributed by atoms with Crippen molar-refractivity contribution in [2.24, 2.45) is 0 Å². The number of carboxylic acid groups (broad SMARTS) is 1. The van der Waals surface area contributed by atoms with E-state index in [9.17, 15) is 23.6 Å². The van der Waals surface area contributed by atoms with E-state index < -0.39 is 24.4 Å². The van der Waals surface area contributed by atoms with Gasteiger partial charge in [0.05, 0.1) is 31.5 Å². The predicted octanol–water partition coefficient (Wildman–Crippen LogP) is 1.85. The standard InChI is InChI=1S/C23H29FN4O7/c1-34-19-3-2-14(12-17(19)28-11-7-20(29)25-22(28)31)21(30)26-8-4-15(5-9-26)35-18-6-10-27(23(32)33)13-16(18)24/h2-3,12,15-16,18H,4-11,13H2,1H3,(H,32,33)(H,25,29,31)/t16-,18-/m1/s1. The zero-order valence-electron chi connectivity index (χ0n) is 19.4. The van der Waals surface area contributed by atoms with Gasteiger partial charge in [0.25, 0.3) is 5.91 Å². The predicted molar refractivity (Wildman–Crippen MR) is 121 cm³/mol. The van der Waals surface area contributed by atoms with E-state index >= 15 is 0 Å². The molecular weight excluding hydrogens is 463 g/mol. The molecule has 0 aliphatic carbocycles. The van der Waals surface area contributed by atoms with Crippen LogP contribution in [0.15, 0.2) is 18.2 Å². The number of hydrogen-bond acceptors (Lipinski definition) is 6. The van der Waals surface area contributed by atoms with Crippen molar-refractivity contribution in [3.8, 4) is 5.75 Å². The molecule has 3 heterocycles. The van der Waals surface area contributed by atoms with Gasteiger partial charge < -0.3 is 24.4 Å². The summed E-state index contributed by atoms with van der Waals surface area (Å²) < 4.78 is 25.7. The molecule has 0 spiro atoms. The molecule has 12 heteroatoms. The first-order chi connectivity index (χ1) is 16.8. The molecule has 35 heavy (non-hydrogen) atoms. The number of nitrogens with one attached hydrogen (secondary N) is 1. The van der Waals surface area contributed by atoms with Crippen LogP contribution in [0, 0.1) is 0 Å². The Morgan fingerprint density at radius 2 is 1.80 bits per heavy atom. The normalized spacial score (nSPS) is 23.8. The Bertz CT molecular complexity index is 998. The van der Waals surface area contributed by atoms with E-state index in [2.05, 4.69) is 5.32 Å². The SMILES string of the molecule is COc1ccc(C(=O)N2CCC(O[C@@H]3CCN(C(=O)O)C[C@H]3F)CC2)cc1N1CCC(=O)NC1=O. The van der Waals surface area contributed by atoms with Gasteiger partial charge in [0.1, 0.15) is 11.9 Å². The Labute approximate surface area is 201 Å². The van der Waals surface area contributed by atoms with Crippen molar-refractivity contribution in [2.45, 2.75) is 44.1 Å². The quantitative estimate of drug-likeness (QED) is 0.642. The van der Waals surface area contributed by atoms with E-state index in [4.69, 9.17) is 14.6 Å². The number of piperidine rings is 2. The molecule has 190 valence electrons. The maximum atomic E-state index is 14.4. The van der Waals surface area contributed by atoms with Crippen LogP contribution in [-0.4, -0.2) is 97.1 Å². The van der Waals surface area contributed by atoms with Crippen molar-refractivity contribution in [3.63, 3.8) is 0 Å². The lowest BCUT2D eigenvalue weighted by Crippen LogP contribution is -2.50. The molecular formula is C23H29FN4O7. The van der Waals surface area contributed by atoms with Gasteiger partial charge in [0.15, 0.2) is 0 Å². The summed E-state index contributed by atoms with van der Waals surface area (Å²) in [7, 11) is 1.46. The highest BCUT2D eigenvalue weighted by Crippen LogP contribution is 2.32. The molecule has 0 unspecified atom stereocenters. The van der Waals surface area contributed by atoms with Crippen molar-refractivity contribution in [1.82, 2.24) is 15.1 Å². The van der Waals surface area contributed by atoms with Gasteiger partial charge in [-0.15, -0.1) is 0 Å². The number of rotatable bonds is 5. The van der Waals surface area contributed by atoms with Crippen LogP contribution < -0.4 is 15.0 Å². The minimum Gasteiger partial charge on any atom is -0.495 e. The van der Waals surface area contributed by atoms with E-state index in [0.717, 1.165) is 4.90 Å². The molecule has 3 aliphatic rings. The summed E-state index contributed by atoms with van der Waals surface area (Å²) in [5.74, 6) is -0.152. The molecule has 1 aromatic carbocycles. The lowest BCUT2D eigenvalue weighted by molar-refractivity contribution is -0.120. The number of likely N-dealkylation sites (tertiary alicyclic amines) is 2. The highest BCUT2D eigenvalue weighted by molar-refractivity contribution is 6.07. The zero-order valence-corrected chi connectivity index (χ0v) is 19.4. The van der Waals surface area contributed by atoms with Crippen LogP contribution in [0.2, 0.25) is 0 Å². The summed E-state index contributed by atoms with van der Waals surface area (Å²) in [6.07, 6.45) is -1.83. The smallest absolute Gasteiger partial charge is 0.407 e. The van der Waals surface area contributed by atoms with Crippen molar-refractivity contribution in [1.29, 1.82) is 0 Å². The van der Waals surface area contributed by atoms with Crippen LogP contribution in [0.3, 0.4) is 0 Å². The van der Waals surface area contributed by atoms with E-state index in [0.29, 0.717) is 49.4 Å². The van der Waals surface area contributed by atoms with Crippen LogP contribution in [0.4, 0.5) is 19.7 Å². The van der Waals surface area contributed by atoms with E-state index in [1.807, 2.05) is 0 Å². The van der Waals surface area contributed by atoms with Crippen LogP contribution in [0.5, 0.6) is 5.75 Å². The highest BCUT2D eigenvalue weighted by atomic mass is 19.1. The topological polar surface area (TPSA) is 129 Å². The number of anilines is 1. The molecule has 3 aliphatic heterocycles. The lowest BCUT2D eigenvalue weighted by Gasteiger charge is -2.38. The van der Waals surface area contributed by atoms with Gasteiger partial charge in [0, 0.05) is 38.2 Å². The third kappa shape index (κ3) is 5.47. The molecule has 0 aromatic heterocycles. The average molecular weight is 493 g/mol. The Morgan fingerprint density at radius 1 is 1.09 bits per heavy atom. The van der Waals surface area contributed by atoms with Crippen LogP contribution in [-0.2, 0) is 9.53 Å². The third-order valence-corrected chi connectivity index (χ3v) is 6.62. The van der Waals surface area contributed by atoms with Crippen LogP contribution >= 0.6 is 0 Å². The number of ether oxygens (including phenoxy) is 2. The number of benzene rings is 1. The Kier molecular flexibility index (Phi) is 7.39. The van der Waals surface area contributed by atoms with Gasteiger partial charge in [-0.25, -0.2) is 14.0 Å². The number of halogens is 1. The zero-order chi connectivity index (χ0) is 25.1. The van der Waals surface area contributed by atoms with E-state index in [1.165, 1.54) is 12.0 Å². The number of hydrogen-bond donors (Lipinski definition) is 2. The first-order valence-electron chi connectivity index (χ1n) is 11.6. The number of nitrogens with zero attached hydrogens (tertiary/aromatic N) is 3. The minimum absolute atomic E-state index is 0.148. The molecule has 4 rings (SSSR count). The van der Waals surface area contributed by atoms with Crippen molar-refractivity contribution < 1.29 is 38.1 Å². The lowest BCUT2D eigenvalue weighted by atomic mass is 10.0. The number of carbonyl (C=O) groups is 4. The van der Waals surface area contributed by atoms with Crippen molar-refractivity contribution in [2.75, 3.05) is 44.7 Å². The Balaban J connectivity index is 1.36. The average Bonchev–Trinajstić information content (AvgIpc) is 2.85. The van der Waals surface area contributed by atoms with Crippen molar-refractivity contribution in [3.05, 3.63) is 23.8 Å². The molecule has 2 atom stereocenters. The van der Waals surface area contributed by atoms with Gasteiger partial charge in [-0.1, -0.05) is 0 Å². The number of methoxy groups -OCH3 is 1. The maximum absolute atomic E-state index is 14.4. The molecule has 0 bridgehead atoms. The monoisotopic (exact) mass is 492 g/mol. The second kappa shape index (κ2) is 10.5. The van der Waals surface area contributed by atoms with E-state index in [1.54, 1.807) is 23.1 Å². The summed E-state index contributed by atoms with van der Waals surface area (Å²) in [6.45, 7) is 1.08. The third-order valence-electron chi connectivity index (χ3n) is 6.62. The van der Waals surface area contributed by atoms with E-state index in [-0.39, 0.29) is 44.0 Å². The highest BCUT2D eigenvalue weighted by Gasteiger charge is 2.35. The number of imide groups is 1. The molecule has 3 fully saturated rings. The maximum Gasteiger partial charge on any atom is 0.407 e. The Hall–Kier alpha value is -3.41. The van der Waals surface area contributed by atoms with Gasteiger partial charge in [-0.2, -0.15) is 0 Å². The number of carbonyl (C=O) groups excluding carboxylic acids is 3. The molecule has 0 radical (unpaired) electrons. The van der Waals surface area contributed by atoms with Crippen LogP contribution in [0.25, 0.3) is 0 Å². The fourth-order valence-electron chi connectivity index (χ4n) is 4.66. The van der Waals surface area contributed by atoms with Gasteiger partial charge >= 0.3 is 12.1 Å². The Morgan fingerprint density at radius 3 is 2.43 bits per heavy atom. The van der Waals surface area contributed by atoms with Gasteiger partial charge in [-0.05, 0) is 37.5 Å². The first-order valence-corrected chi connectivity index (χ1v) is 11.6. The molecule has 3 saturated heterocycles. The molecule has 1 aromatic rings. The number of alkyl halides is 1. The largest absolute Gasteiger partial charge is 0.495 e. The summed E-state index contributed by atoms with van der Waals surface area (Å²) in [4.78, 5) is 52.1. The summed E-state index contributed by atoms with van der Waals surface area (Å²) in [5, 5.41) is 11.3. The number of urea groups is 1. The van der Waals surface area contributed by atoms with Gasteiger partial charge in [-0.3, -0.25) is 19.8 Å². The summed E-state index contributed by atoms with van der Waals surface area (Å²) in [6, 6.07) is 4.27. The fourth-order valence-corrected chi connectivity index (χ4v) is 4.66. The molecule has 2 N–H and O–H groups in total. The second-order valence-corrected chi connectivity index (χ2v) is 8.84. The summed E-state index contributed by atoms with van der Waals surface area (Å²) in [5.41, 5.74) is 0.790. The molecule has 5 amide bonds. The van der Waals surface area contributed by atoms with Crippen LogP contribution in [0.1, 0.15) is 36.0 Å².